The highest BCUT2D eigenvalue weighted by atomic mass is 35.5. The van der Waals surface area contributed by atoms with E-state index in [0.717, 1.165) is 12.0 Å². The number of hydrogen-bond donors (Lipinski definition) is 2. The maximum absolute atomic E-state index is 12.7. The van der Waals surface area contributed by atoms with Gasteiger partial charge in [-0.25, -0.2) is 13.1 Å². The van der Waals surface area contributed by atoms with Crippen LogP contribution in [0.4, 0.5) is 0 Å². The molecular formula is C19H24ClN3O3S. The molecule has 1 fully saturated rings. The van der Waals surface area contributed by atoms with Gasteiger partial charge in [-0.1, -0.05) is 36.4 Å². The Kier molecular flexibility index (Phi) is 7.00. The molecule has 2 atom stereocenters. The van der Waals surface area contributed by atoms with Crippen LogP contribution in [0.25, 0.3) is 0 Å². The molecule has 0 spiro atoms. The van der Waals surface area contributed by atoms with Crippen molar-refractivity contribution in [3.05, 3.63) is 65.7 Å². The van der Waals surface area contributed by atoms with E-state index in [0.29, 0.717) is 18.7 Å². The van der Waals surface area contributed by atoms with E-state index in [1.807, 2.05) is 30.3 Å². The number of sulfonamides is 1. The highest BCUT2D eigenvalue weighted by Crippen LogP contribution is 2.19. The van der Waals surface area contributed by atoms with Gasteiger partial charge in [0.15, 0.2) is 0 Å². The van der Waals surface area contributed by atoms with Crippen molar-refractivity contribution in [3.63, 3.8) is 0 Å². The second kappa shape index (κ2) is 8.84. The molecule has 1 heterocycles. The van der Waals surface area contributed by atoms with Gasteiger partial charge in [0.2, 0.25) is 10.0 Å². The van der Waals surface area contributed by atoms with Crippen molar-refractivity contribution in [1.82, 2.24) is 9.62 Å². The normalized spacial score (nSPS) is 18.0. The van der Waals surface area contributed by atoms with Crippen molar-refractivity contribution in [1.29, 1.82) is 0 Å². The van der Waals surface area contributed by atoms with E-state index >= 15 is 0 Å². The van der Waals surface area contributed by atoms with Gasteiger partial charge in [-0.3, -0.25) is 4.79 Å². The topological polar surface area (TPSA) is 92.5 Å². The third-order valence-electron chi connectivity index (χ3n) is 4.53. The van der Waals surface area contributed by atoms with Gasteiger partial charge in [-0.2, -0.15) is 0 Å². The summed E-state index contributed by atoms with van der Waals surface area (Å²) in [7, 11) is -3.74. The first-order valence-corrected chi connectivity index (χ1v) is 10.1. The van der Waals surface area contributed by atoms with Gasteiger partial charge < -0.3 is 10.6 Å². The van der Waals surface area contributed by atoms with E-state index in [2.05, 4.69) is 4.72 Å². The van der Waals surface area contributed by atoms with E-state index in [1.54, 1.807) is 24.0 Å². The van der Waals surface area contributed by atoms with Crippen molar-refractivity contribution in [2.75, 3.05) is 13.1 Å². The maximum Gasteiger partial charge on any atom is 0.253 e. The largest absolute Gasteiger partial charge is 0.337 e. The number of carbonyl (C=O) groups is 1. The first kappa shape index (κ1) is 21.4. The SMILES string of the molecule is CC(NS(=O)(=O)c1cccc(C(=O)N2CC[C@@H](N)C2)c1)c1ccccc1.Cl. The number of likely N-dealkylation sites (tertiary alicyclic amines) is 1. The summed E-state index contributed by atoms with van der Waals surface area (Å²) in [6, 6.07) is 15.1. The Bertz CT molecular complexity index is 890. The van der Waals surface area contributed by atoms with E-state index in [1.165, 1.54) is 12.1 Å². The highest BCUT2D eigenvalue weighted by molar-refractivity contribution is 7.89. The Morgan fingerprint density at radius 1 is 1.19 bits per heavy atom. The number of nitrogens with two attached hydrogens (primary N) is 1. The average molecular weight is 410 g/mol. The third-order valence-corrected chi connectivity index (χ3v) is 6.07. The molecule has 0 bridgehead atoms. The molecule has 8 heteroatoms. The van der Waals surface area contributed by atoms with Crippen LogP contribution in [0.1, 0.15) is 35.3 Å². The van der Waals surface area contributed by atoms with Crippen molar-refractivity contribution in [2.45, 2.75) is 30.3 Å². The lowest BCUT2D eigenvalue weighted by atomic mass is 10.1. The van der Waals surface area contributed by atoms with Crippen LogP contribution in [-0.2, 0) is 10.0 Å². The molecular weight excluding hydrogens is 386 g/mol. The van der Waals surface area contributed by atoms with Crippen LogP contribution in [0.15, 0.2) is 59.5 Å². The van der Waals surface area contributed by atoms with Crippen molar-refractivity contribution in [2.24, 2.45) is 5.73 Å². The van der Waals surface area contributed by atoms with E-state index in [4.69, 9.17) is 5.73 Å². The highest BCUT2D eigenvalue weighted by Gasteiger charge is 2.26. The first-order chi connectivity index (χ1) is 12.4. The molecule has 146 valence electrons. The van der Waals surface area contributed by atoms with Gasteiger partial charge >= 0.3 is 0 Å². The fraction of sp³-hybridized carbons (Fsp3) is 0.316. The van der Waals surface area contributed by atoms with Crippen molar-refractivity contribution >= 4 is 28.3 Å². The molecule has 2 aromatic rings. The molecule has 6 nitrogen and oxygen atoms in total. The Morgan fingerprint density at radius 3 is 2.52 bits per heavy atom. The standard InChI is InChI=1S/C19H23N3O3S.ClH/c1-14(15-6-3-2-4-7-15)21-26(24,25)18-9-5-8-16(12-18)19(23)22-11-10-17(20)13-22;/h2-9,12,14,17,21H,10-11,13,20H2,1H3;1H/t14?,17-;/m1./s1. The summed E-state index contributed by atoms with van der Waals surface area (Å²) in [6.45, 7) is 2.88. The average Bonchev–Trinajstić information content (AvgIpc) is 3.08. The van der Waals surface area contributed by atoms with Crippen LogP contribution in [0.3, 0.4) is 0 Å². The summed E-state index contributed by atoms with van der Waals surface area (Å²) in [5.41, 5.74) is 7.08. The molecule has 0 aromatic heterocycles. The predicted octanol–water partition coefficient (Wildman–Crippen LogP) is 2.32. The zero-order valence-corrected chi connectivity index (χ0v) is 16.7. The molecule has 0 aliphatic carbocycles. The summed E-state index contributed by atoms with van der Waals surface area (Å²) in [5, 5.41) is 0. The molecule has 0 saturated carbocycles. The van der Waals surface area contributed by atoms with Crippen LogP contribution in [0.2, 0.25) is 0 Å². The molecule has 0 radical (unpaired) electrons. The number of halogens is 1. The summed E-state index contributed by atoms with van der Waals surface area (Å²) in [5.74, 6) is -0.189. The maximum atomic E-state index is 12.7. The van der Waals surface area contributed by atoms with E-state index in [9.17, 15) is 13.2 Å². The molecule has 27 heavy (non-hydrogen) atoms. The zero-order chi connectivity index (χ0) is 18.7. The Morgan fingerprint density at radius 2 is 1.89 bits per heavy atom. The second-order valence-corrected chi connectivity index (χ2v) is 8.30. The van der Waals surface area contributed by atoms with Gasteiger partial charge in [0.1, 0.15) is 0 Å². The van der Waals surface area contributed by atoms with Crippen LogP contribution in [0, 0.1) is 0 Å². The summed E-state index contributed by atoms with van der Waals surface area (Å²) < 4.78 is 28.1. The minimum atomic E-state index is -3.74. The number of benzene rings is 2. The van der Waals surface area contributed by atoms with Gasteiger partial charge in [0.05, 0.1) is 4.90 Å². The number of nitrogens with one attached hydrogen (secondary N) is 1. The molecule has 2 aromatic carbocycles. The van der Waals surface area contributed by atoms with Gasteiger partial charge in [0.25, 0.3) is 5.91 Å². The van der Waals surface area contributed by atoms with Crippen LogP contribution >= 0.6 is 12.4 Å². The summed E-state index contributed by atoms with van der Waals surface area (Å²) in [4.78, 5) is 14.3. The monoisotopic (exact) mass is 409 g/mol. The molecule has 1 aliphatic rings. The molecule has 1 saturated heterocycles. The minimum Gasteiger partial charge on any atom is -0.337 e. The lowest BCUT2D eigenvalue weighted by Crippen LogP contribution is -2.32. The van der Waals surface area contributed by atoms with Gasteiger partial charge in [0, 0.05) is 30.7 Å². The van der Waals surface area contributed by atoms with Crippen molar-refractivity contribution in [3.8, 4) is 0 Å². The Balaban J connectivity index is 0.00000261. The number of rotatable bonds is 5. The zero-order valence-electron chi connectivity index (χ0n) is 15.0. The number of hydrogen-bond acceptors (Lipinski definition) is 4. The third kappa shape index (κ3) is 5.07. The number of amides is 1. The minimum absolute atomic E-state index is 0. The van der Waals surface area contributed by atoms with Gasteiger partial charge in [-0.15, -0.1) is 12.4 Å². The number of nitrogens with zero attached hydrogens (tertiary/aromatic N) is 1. The molecule has 1 amide bonds. The quantitative estimate of drug-likeness (QED) is 0.792. The Labute approximate surface area is 166 Å². The van der Waals surface area contributed by atoms with Crippen LogP contribution < -0.4 is 10.5 Å². The van der Waals surface area contributed by atoms with E-state index < -0.39 is 10.0 Å². The fourth-order valence-corrected chi connectivity index (χ4v) is 4.34. The molecule has 3 N–H and O–H groups in total. The lowest BCUT2D eigenvalue weighted by Gasteiger charge is -2.17. The lowest BCUT2D eigenvalue weighted by molar-refractivity contribution is 0.0790. The van der Waals surface area contributed by atoms with Crippen molar-refractivity contribution < 1.29 is 13.2 Å². The molecule has 1 aliphatic heterocycles. The molecule has 1 unspecified atom stereocenters. The smallest absolute Gasteiger partial charge is 0.253 e. The Hall–Kier alpha value is -1.93. The summed E-state index contributed by atoms with van der Waals surface area (Å²) >= 11 is 0. The van der Waals surface area contributed by atoms with Gasteiger partial charge in [-0.05, 0) is 37.1 Å². The fourth-order valence-electron chi connectivity index (χ4n) is 3.06. The second-order valence-electron chi connectivity index (χ2n) is 6.58. The molecule has 3 rings (SSSR count). The first-order valence-electron chi connectivity index (χ1n) is 8.59. The summed E-state index contributed by atoms with van der Waals surface area (Å²) in [6.07, 6.45) is 0.764. The van der Waals surface area contributed by atoms with E-state index in [-0.39, 0.29) is 35.3 Å². The predicted molar refractivity (Wildman–Crippen MR) is 107 cm³/mol. The number of carbonyl (C=O) groups excluding carboxylic acids is 1. The van der Waals surface area contributed by atoms with Crippen LogP contribution in [0.5, 0.6) is 0 Å². The van der Waals surface area contributed by atoms with Crippen LogP contribution in [-0.4, -0.2) is 38.4 Å².